The molecule has 0 aromatic carbocycles. The molecule has 0 bridgehead atoms. The number of nitrogens with zero attached hydrogens (tertiary/aromatic N) is 1. The smallest absolute Gasteiger partial charge is 0.319 e. The van der Waals surface area contributed by atoms with Crippen molar-refractivity contribution in [2.24, 2.45) is 5.92 Å². The van der Waals surface area contributed by atoms with E-state index in [1.54, 1.807) is 38.2 Å². The van der Waals surface area contributed by atoms with E-state index in [1.807, 2.05) is 0 Å². The Kier molecular flexibility index (Phi) is 4.61. The maximum Gasteiger partial charge on any atom is 0.319 e. The summed E-state index contributed by atoms with van der Waals surface area (Å²) in [5.74, 6) is -0.970. The van der Waals surface area contributed by atoms with Crippen molar-refractivity contribution in [2.75, 3.05) is 0 Å². The summed E-state index contributed by atoms with van der Waals surface area (Å²) in [6.07, 6.45) is 1.61. The summed E-state index contributed by atoms with van der Waals surface area (Å²) in [4.78, 5) is 15.0. The standard InChI is InChI=1S/C11H15NO3S/c1-8(2)10(11(13)14)16(15)7-9-5-3-4-6-12-9/h3-6,8,10H,7H2,1-2H3,(H,13,14). The van der Waals surface area contributed by atoms with Crippen LogP contribution in [0.25, 0.3) is 0 Å². The molecule has 0 spiro atoms. The molecule has 1 heterocycles. The molecule has 1 N–H and O–H groups in total. The van der Waals surface area contributed by atoms with Gasteiger partial charge in [0.15, 0.2) is 0 Å². The number of aromatic nitrogens is 1. The van der Waals surface area contributed by atoms with Gasteiger partial charge in [-0.2, -0.15) is 0 Å². The van der Waals surface area contributed by atoms with Gasteiger partial charge in [-0.25, -0.2) is 0 Å². The Morgan fingerprint density at radius 2 is 2.19 bits per heavy atom. The van der Waals surface area contributed by atoms with Gasteiger partial charge in [-0.3, -0.25) is 14.0 Å². The van der Waals surface area contributed by atoms with Crippen molar-refractivity contribution in [1.29, 1.82) is 0 Å². The summed E-state index contributed by atoms with van der Waals surface area (Å²) in [7, 11) is -1.43. The van der Waals surface area contributed by atoms with E-state index in [9.17, 15) is 9.00 Å². The van der Waals surface area contributed by atoms with Crippen molar-refractivity contribution >= 4 is 16.8 Å². The van der Waals surface area contributed by atoms with Gasteiger partial charge in [0.1, 0.15) is 5.25 Å². The molecule has 0 amide bonds. The highest BCUT2D eigenvalue weighted by Gasteiger charge is 2.28. The molecule has 16 heavy (non-hydrogen) atoms. The van der Waals surface area contributed by atoms with Crippen LogP contribution in [0.5, 0.6) is 0 Å². The van der Waals surface area contributed by atoms with Crippen LogP contribution in [-0.2, 0) is 21.3 Å². The molecule has 1 aromatic heterocycles. The van der Waals surface area contributed by atoms with E-state index in [0.717, 1.165) is 0 Å². The third-order valence-corrected chi connectivity index (χ3v) is 4.04. The van der Waals surface area contributed by atoms with Crippen LogP contribution in [0.2, 0.25) is 0 Å². The number of rotatable bonds is 5. The zero-order valence-corrected chi connectivity index (χ0v) is 10.1. The van der Waals surface area contributed by atoms with E-state index >= 15 is 0 Å². The average molecular weight is 241 g/mol. The van der Waals surface area contributed by atoms with E-state index in [0.29, 0.717) is 5.69 Å². The number of aliphatic carboxylic acids is 1. The summed E-state index contributed by atoms with van der Waals surface area (Å²) >= 11 is 0. The van der Waals surface area contributed by atoms with Crippen LogP contribution in [-0.4, -0.2) is 25.5 Å². The highest BCUT2D eigenvalue weighted by molar-refractivity contribution is 7.85. The minimum Gasteiger partial charge on any atom is -0.480 e. The number of hydrogen-bond acceptors (Lipinski definition) is 3. The predicted molar refractivity (Wildman–Crippen MR) is 62.3 cm³/mol. The molecule has 2 unspecified atom stereocenters. The van der Waals surface area contributed by atoms with Gasteiger partial charge >= 0.3 is 5.97 Å². The molecule has 0 saturated carbocycles. The third-order valence-electron chi connectivity index (χ3n) is 2.15. The highest BCUT2D eigenvalue weighted by atomic mass is 32.2. The first-order valence-corrected chi connectivity index (χ1v) is 6.40. The molecular weight excluding hydrogens is 226 g/mol. The third kappa shape index (κ3) is 3.41. The van der Waals surface area contributed by atoms with Gasteiger partial charge in [-0.15, -0.1) is 0 Å². The monoisotopic (exact) mass is 241 g/mol. The molecule has 0 aliphatic carbocycles. The lowest BCUT2D eigenvalue weighted by Gasteiger charge is -2.15. The van der Waals surface area contributed by atoms with Gasteiger partial charge in [0.25, 0.3) is 0 Å². The fourth-order valence-corrected chi connectivity index (χ4v) is 2.89. The van der Waals surface area contributed by atoms with Crippen LogP contribution in [0.1, 0.15) is 19.5 Å². The molecule has 0 radical (unpaired) electrons. The van der Waals surface area contributed by atoms with Crippen molar-refractivity contribution < 1.29 is 14.1 Å². The van der Waals surface area contributed by atoms with E-state index in [4.69, 9.17) is 5.11 Å². The zero-order chi connectivity index (χ0) is 12.1. The molecule has 2 atom stereocenters. The number of carbonyl (C=O) groups is 1. The second-order valence-corrected chi connectivity index (χ2v) is 5.41. The number of pyridine rings is 1. The SMILES string of the molecule is CC(C)C(C(=O)O)S(=O)Cc1ccccn1. The predicted octanol–water partition coefficient (Wildman–Crippen LogP) is 1.44. The lowest BCUT2D eigenvalue weighted by molar-refractivity contribution is -0.137. The second kappa shape index (κ2) is 5.75. The summed E-state index contributed by atoms with van der Waals surface area (Å²) in [6.45, 7) is 3.52. The van der Waals surface area contributed by atoms with Crippen molar-refractivity contribution in [2.45, 2.75) is 24.9 Å². The van der Waals surface area contributed by atoms with Crippen molar-refractivity contribution in [1.82, 2.24) is 4.98 Å². The normalized spacial score (nSPS) is 14.7. The molecule has 4 nitrogen and oxygen atoms in total. The average Bonchev–Trinajstić information content (AvgIpc) is 2.17. The van der Waals surface area contributed by atoms with Crippen LogP contribution in [0, 0.1) is 5.92 Å². The summed E-state index contributed by atoms with van der Waals surface area (Å²) in [6, 6.07) is 5.31. The lowest BCUT2D eigenvalue weighted by atomic mass is 10.1. The molecular formula is C11H15NO3S. The number of carboxylic acid groups (broad SMARTS) is 1. The van der Waals surface area contributed by atoms with Gasteiger partial charge in [-0.05, 0) is 18.1 Å². The molecule has 0 aliphatic rings. The fourth-order valence-electron chi connectivity index (χ4n) is 1.42. The quantitative estimate of drug-likeness (QED) is 0.847. The Hall–Kier alpha value is -1.23. The summed E-state index contributed by atoms with van der Waals surface area (Å²) in [5.41, 5.74) is 0.660. The first-order chi connectivity index (χ1) is 7.52. The Morgan fingerprint density at radius 1 is 1.50 bits per heavy atom. The van der Waals surface area contributed by atoms with E-state index in [2.05, 4.69) is 4.98 Å². The van der Waals surface area contributed by atoms with Crippen molar-refractivity contribution in [3.05, 3.63) is 30.1 Å². The molecule has 88 valence electrons. The minimum absolute atomic E-state index is 0.151. The molecule has 1 aromatic rings. The van der Waals surface area contributed by atoms with Crippen molar-refractivity contribution in [3.8, 4) is 0 Å². The largest absolute Gasteiger partial charge is 0.480 e. The van der Waals surface area contributed by atoms with Gasteiger partial charge < -0.3 is 5.11 Å². The molecule has 0 aliphatic heterocycles. The topological polar surface area (TPSA) is 67.3 Å². The van der Waals surface area contributed by atoms with Crippen LogP contribution in [0.4, 0.5) is 0 Å². The van der Waals surface area contributed by atoms with E-state index in [1.165, 1.54) is 0 Å². The molecule has 1 rings (SSSR count). The molecule has 0 fully saturated rings. The van der Waals surface area contributed by atoms with Crippen LogP contribution in [0.3, 0.4) is 0 Å². The Labute approximate surface area is 97.2 Å². The highest BCUT2D eigenvalue weighted by Crippen LogP contribution is 2.13. The van der Waals surface area contributed by atoms with Gasteiger partial charge in [0, 0.05) is 17.0 Å². The second-order valence-electron chi connectivity index (χ2n) is 3.85. The van der Waals surface area contributed by atoms with E-state index < -0.39 is 22.0 Å². The van der Waals surface area contributed by atoms with Crippen LogP contribution in [0.15, 0.2) is 24.4 Å². The maximum absolute atomic E-state index is 11.9. The Morgan fingerprint density at radius 3 is 2.62 bits per heavy atom. The molecule has 0 saturated heterocycles. The van der Waals surface area contributed by atoms with Crippen LogP contribution >= 0.6 is 0 Å². The fraction of sp³-hybridized carbons (Fsp3) is 0.455. The van der Waals surface area contributed by atoms with Crippen LogP contribution < -0.4 is 0 Å². The summed E-state index contributed by atoms with van der Waals surface area (Å²) in [5, 5.41) is 8.15. The van der Waals surface area contributed by atoms with Gasteiger partial charge in [0.05, 0.1) is 11.4 Å². The van der Waals surface area contributed by atoms with E-state index in [-0.39, 0.29) is 11.7 Å². The molecule has 5 heteroatoms. The first-order valence-electron chi connectivity index (χ1n) is 5.02. The summed E-state index contributed by atoms with van der Waals surface area (Å²) < 4.78 is 11.9. The van der Waals surface area contributed by atoms with Crippen molar-refractivity contribution in [3.63, 3.8) is 0 Å². The lowest BCUT2D eigenvalue weighted by Crippen LogP contribution is -2.31. The number of hydrogen-bond donors (Lipinski definition) is 1. The first kappa shape index (κ1) is 12.8. The number of carboxylic acids is 1. The van der Waals surface area contributed by atoms with Gasteiger partial charge in [0.2, 0.25) is 0 Å². The zero-order valence-electron chi connectivity index (χ0n) is 9.29. The Bertz CT molecular complexity index is 378. The minimum atomic E-state index is -1.43. The maximum atomic E-state index is 11.9. The van der Waals surface area contributed by atoms with Gasteiger partial charge in [-0.1, -0.05) is 19.9 Å². The Balaban J connectivity index is 2.74.